The molecule has 42 heavy (non-hydrogen) atoms. The topological polar surface area (TPSA) is 97.4 Å². The van der Waals surface area contributed by atoms with E-state index in [9.17, 15) is 18.8 Å². The van der Waals surface area contributed by atoms with Gasteiger partial charge in [-0.2, -0.15) is 0 Å². The van der Waals surface area contributed by atoms with Crippen molar-refractivity contribution < 1.29 is 33.0 Å². The van der Waals surface area contributed by atoms with E-state index < -0.39 is 23.7 Å². The van der Waals surface area contributed by atoms with Gasteiger partial charge in [-0.25, -0.2) is 9.18 Å². The van der Waals surface area contributed by atoms with E-state index in [1.165, 1.54) is 48.4 Å². The van der Waals surface area contributed by atoms with Crippen LogP contribution in [-0.2, 0) is 20.7 Å². The number of thiocarbonyl (C=S) groups is 1. The highest BCUT2D eigenvalue weighted by Gasteiger charge is 2.44. The smallest absolute Gasteiger partial charge is 0.337 e. The van der Waals surface area contributed by atoms with Crippen molar-refractivity contribution in [1.82, 2.24) is 4.90 Å². The molecule has 1 fully saturated rings. The first-order valence-corrected chi connectivity index (χ1v) is 13.9. The minimum atomic E-state index is -0.883. The molecule has 1 saturated heterocycles. The zero-order chi connectivity index (χ0) is 30.2. The van der Waals surface area contributed by atoms with Crippen LogP contribution in [0.2, 0.25) is 0 Å². The fourth-order valence-corrected chi connectivity index (χ4v) is 5.02. The normalized spacial score (nSPS) is 14.6. The lowest BCUT2D eigenvalue weighted by molar-refractivity contribution is -0.124. The van der Waals surface area contributed by atoms with Gasteiger partial charge in [0.05, 0.1) is 38.0 Å². The summed E-state index contributed by atoms with van der Waals surface area (Å²) in [7, 11) is 1.29. The fraction of sp³-hybridized carbons (Fsp3) is 0.290. The Kier molecular flexibility index (Phi) is 10.1. The number of carbonyl (C=O) groups is 3. The van der Waals surface area contributed by atoms with Crippen LogP contribution in [0.15, 0.2) is 66.7 Å². The number of hydrogen-bond donors (Lipinski definition) is 1. The van der Waals surface area contributed by atoms with Gasteiger partial charge < -0.3 is 24.4 Å². The Balaban J connectivity index is 1.54. The molecule has 0 saturated carbocycles. The van der Waals surface area contributed by atoms with Crippen LogP contribution in [0.1, 0.15) is 36.2 Å². The summed E-state index contributed by atoms with van der Waals surface area (Å²) in [5.74, 6) is -0.457. The lowest BCUT2D eigenvalue weighted by Gasteiger charge is -2.24. The summed E-state index contributed by atoms with van der Waals surface area (Å²) in [6, 6.07) is 16.5. The number of benzene rings is 3. The molecule has 1 atom stereocenters. The standard InChI is InChI=1S/C31H32FN3O6S/c1-4-40-26-15-6-20(18-27(26)41-5-2)16-17-34-25(29(37)35(31(34)42)24-13-9-22(32)10-14-24)19-28(36)33-23-11-7-21(8-12-23)30(38)39-3/h6-15,18,25H,4-5,16-17,19H2,1-3H3,(H,33,36). The molecular weight excluding hydrogens is 561 g/mol. The van der Waals surface area contributed by atoms with Gasteiger partial charge in [-0.15, -0.1) is 0 Å². The van der Waals surface area contributed by atoms with Crippen LogP contribution in [0.5, 0.6) is 11.5 Å². The van der Waals surface area contributed by atoms with Gasteiger partial charge in [-0.05, 0) is 98.7 Å². The first-order valence-electron chi connectivity index (χ1n) is 13.5. The molecule has 0 bridgehead atoms. The van der Waals surface area contributed by atoms with Crippen LogP contribution >= 0.6 is 12.2 Å². The van der Waals surface area contributed by atoms with E-state index in [0.717, 1.165) is 5.56 Å². The van der Waals surface area contributed by atoms with Crippen LogP contribution in [0.25, 0.3) is 0 Å². The number of ether oxygens (including phenoxy) is 3. The summed E-state index contributed by atoms with van der Waals surface area (Å²) >= 11 is 5.72. The van der Waals surface area contributed by atoms with E-state index in [-0.39, 0.29) is 17.4 Å². The van der Waals surface area contributed by atoms with Crippen molar-refractivity contribution in [3.8, 4) is 11.5 Å². The zero-order valence-electron chi connectivity index (χ0n) is 23.6. The van der Waals surface area contributed by atoms with Gasteiger partial charge in [0, 0.05) is 12.2 Å². The molecule has 9 nitrogen and oxygen atoms in total. The maximum absolute atomic E-state index is 13.7. The average molecular weight is 594 g/mol. The summed E-state index contributed by atoms with van der Waals surface area (Å²) < 4.78 is 29.7. The van der Waals surface area contributed by atoms with E-state index in [1.807, 2.05) is 32.0 Å². The minimum absolute atomic E-state index is 0.178. The lowest BCUT2D eigenvalue weighted by Crippen LogP contribution is -2.39. The van der Waals surface area contributed by atoms with E-state index in [4.69, 9.17) is 26.4 Å². The molecule has 1 heterocycles. The molecule has 4 rings (SSSR count). The molecule has 1 aliphatic rings. The number of amides is 2. The second-order valence-electron chi connectivity index (χ2n) is 9.36. The van der Waals surface area contributed by atoms with Crippen molar-refractivity contribution in [3.05, 3.63) is 83.7 Å². The van der Waals surface area contributed by atoms with Crippen LogP contribution in [0.4, 0.5) is 15.8 Å². The molecule has 1 N–H and O–H groups in total. The molecule has 0 radical (unpaired) electrons. The lowest BCUT2D eigenvalue weighted by atomic mass is 10.1. The zero-order valence-corrected chi connectivity index (χ0v) is 24.4. The van der Waals surface area contributed by atoms with Gasteiger partial charge in [0.25, 0.3) is 5.91 Å². The Morgan fingerprint density at radius 3 is 2.26 bits per heavy atom. The third-order valence-corrected chi connectivity index (χ3v) is 7.04. The van der Waals surface area contributed by atoms with Crippen LogP contribution in [-0.4, -0.2) is 60.7 Å². The predicted octanol–water partition coefficient (Wildman–Crippen LogP) is 4.98. The van der Waals surface area contributed by atoms with Crippen LogP contribution < -0.4 is 19.7 Å². The number of nitrogens with one attached hydrogen (secondary N) is 1. The Bertz CT molecular complexity index is 1450. The van der Waals surface area contributed by atoms with Crippen LogP contribution in [0.3, 0.4) is 0 Å². The van der Waals surface area contributed by atoms with Gasteiger partial charge in [0.15, 0.2) is 16.6 Å². The average Bonchev–Trinajstić information content (AvgIpc) is 3.21. The molecule has 3 aromatic carbocycles. The number of nitrogens with zero attached hydrogens (tertiary/aromatic N) is 2. The second kappa shape index (κ2) is 13.9. The fourth-order valence-electron chi connectivity index (χ4n) is 4.61. The van der Waals surface area contributed by atoms with Gasteiger partial charge >= 0.3 is 5.97 Å². The summed E-state index contributed by atoms with van der Waals surface area (Å²) in [6.45, 7) is 5.11. The highest BCUT2D eigenvalue weighted by Crippen LogP contribution is 2.31. The Morgan fingerprint density at radius 1 is 0.952 bits per heavy atom. The highest BCUT2D eigenvalue weighted by molar-refractivity contribution is 7.80. The molecule has 3 aromatic rings. The van der Waals surface area contributed by atoms with Gasteiger partial charge in [0.2, 0.25) is 5.91 Å². The number of anilines is 2. The number of halogens is 1. The molecule has 0 aliphatic carbocycles. The molecule has 1 unspecified atom stereocenters. The third-order valence-electron chi connectivity index (χ3n) is 6.62. The van der Waals surface area contributed by atoms with Gasteiger partial charge in [-0.1, -0.05) is 6.07 Å². The Morgan fingerprint density at radius 2 is 1.62 bits per heavy atom. The first-order chi connectivity index (χ1) is 20.2. The predicted molar refractivity (Wildman–Crippen MR) is 160 cm³/mol. The summed E-state index contributed by atoms with van der Waals surface area (Å²) in [4.78, 5) is 41.5. The highest BCUT2D eigenvalue weighted by atomic mass is 32.1. The quantitative estimate of drug-likeness (QED) is 0.232. The molecule has 1 aliphatic heterocycles. The van der Waals surface area contributed by atoms with E-state index in [1.54, 1.807) is 17.0 Å². The first kappa shape index (κ1) is 30.4. The minimum Gasteiger partial charge on any atom is -0.490 e. The van der Waals surface area contributed by atoms with Crippen molar-refractivity contribution in [2.45, 2.75) is 32.7 Å². The SMILES string of the molecule is CCOc1ccc(CCN2C(=S)N(c3ccc(F)cc3)C(=O)C2CC(=O)Nc2ccc(C(=O)OC)cc2)cc1OCC. The Hall–Kier alpha value is -4.51. The van der Waals surface area contributed by atoms with E-state index in [2.05, 4.69) is 5.32 Å². The van der Waals surface area contributed by atoms with Crippen molar-refractivity contribution in [1.29, 1.82) is 0 Å². The van der Waals surface area contributed by atoms with E-state index in [0.29, 0.717) is 54.6 Å². The Labute approximate surface area is 249 Å². The molecule has 2 amide bonds. The molecule has 220 valence electrons. The van der Waals surface area contributed by atoms with Crippen molar-refractivity contribution in [2.24, 2.45) is 0 Å². The second-order valence-corrected chi connectivity index (χ2v) is 9.73. The largest absolute Gasteiger partial charge is 0.490 e. The molecule has 0 spiro atoms. The maximum atomic E-state index is 13.7. The maximum Gasteiger partial charge on any atom is 0.337 e. The van der Waals surface area contributed by atoms with Crippen molar-refractivity contribution in [3.63, 3.8) is 0 Å². The van der Waals surface area contributed by atoms with E-state index >= 15 is 0 Å². The number of carbonyl (C=O) groups excluding carboxylic acids is 3. The number of methoxy groups -OCH3 is 1. The van der Waals surface area contributed by atoms with Gasteiger partial charge in [0.1, 0.15) is 11.9 Å². The molecule has 0 aromatic heterocycles. The third kappa shape index (κ3) is 7.03. The number of rotatable bonds is 12. The number of hydrogen-bond acceptors (Lipinski definition) is 7. The summed E-state index contributed by atoms with van der Waals surface area (Å²) in [5, 5.41) is 3.00. The number of esters is 1. The molecular formula is C31H32FN3O6S. The summed E-state index contributed by atoms with van der Waals surface area (Å²) in [6.07, 6.45) is 0.327. The van der Waals surface area contributed by atoms with Crippen molar-refractivity contribution >= 4 is 46.5 Å². The van der Waals surface area contributed by atoms with Crippen LogP contribution in [0, 0.1) is 5.82 Å². The summed E-state index contributed by atoms with van der Waals surface area (Å²) in [5.41, 5.74) is 2.15. The van der Waals surface area contributed by atoms with Gasteiger partial charge in [-0.3, -0.25) is 14.5 Å². The van der Waals surface area contributed by atoms with Crippen molar-refractivity contribution in [2.75, 3.05) is 37.1 Å². The monoisotopic (exact) mass is 593 g/mol. The molecule has 11 heteroatoms.